The maximum Gasteiger partial charge on any atom is 0.264 e. The van der Waals surface area contributed by atoms with Crippen molar-refractivity contribution in [1.82, 2.24) is 4.72 Å². The Labute approximate surface area is 255 Å². The van der Waals surface area contributed by atoms with Gasteiger partial charge in [-0.1, -0.05) is 49.2 Å². The fraction of sp³-hybridized carbons (Fsp3) is 0.485. The first-order valence-corrected chi connectivity index (χ1v) is 17.0. The molecule has 1 spiro atoms. The van der Waals surface area contributed by atoms with Crippen LogP contribution in [0.25, 0.3) is 0 Å². The van der Waals surface area contributed by atoms with Gasteiger partial charge in [-0.05, 0) is 85.4 Å². The van der Waals surface area contributed by atoms with Crippen molar-refractivity contribution in [3.63, 3.8) is 0 Å². The van der Waals surface area contributed by atoms with Gasteiger partial charge >= 0.3 is 0 Å². The van der Waals surface area contributed by atoms with Crippen LogP contribution in [0.4, 0.5) is 5.69 Å². The number of fused-ring (bicyclic) bond motifs is 3. The van der Waals surface area contributed by atoms with Gasteiger partial charge in [0.05, 0.1) is 31.3 Å². The van der Waals surface area contributed by atoms with E-state index in [0.29, 0.717) is 24.2 Å². The van der Waals surface area contributed by atoms with Gasteiger partial charge in [0.15, 0.2) is 0 Å². The Balaban J connectivity index is 1.42. The zero-order chi connectivity index (χ0) is 29.7. The number of benzene rings is 2. The summed E-state index contributed by atoms with van der Waals surface area (Å²) in [6.07, 6.45) is 12.7. The van der Waals surface area contributed by atoms with Crippen molar-refractivity contribution in [1.29, 1.82) is 0 Å². The lowest BCUT2D eigenvalue weighted by molar-refractivity contribution is 0.0981. The van der Waals surface area contributed by atoms with E-state index in [4.69, 9.17) is 21.1 Å². The summed E-state index contributed by atoms with van der Waals surface area (Å²) in [7, 11) is -3.86. The second-order valence-electron chi connectivity index (χ2n) is 11.8. The Kier molecular flexibility index (Phi) is 9.65. The summed E-state index contributed by atoms with van der Waals surface area (Å²) in [4.78, 5) is 15.5. The normalized spacial score (nSPS) is 23.1. The van der Waals surface area contributed by atoms with Gasteiger partial charge in [0.2, 0.25) is 10.0 Å². The van der Waals surface area contributed by atoms with Crippen molar-refractivity contribution >= 4 is 33.2 Å². The Morgan fingerprint density at radius 1 is 1.26 bits per heavy atom. The van der Waals surface area contributed by atoms with Crippen LogP contribution < -0.4 is 14.4 Å². The van der Waals surface area contributed by atoms with E-state index in [1.165, 1.54) is 17.5 Å². The lowest BCUT2D eigenvalue weighted by Gasteiger charge is -2.41. The van der Waals surface area contributed by atoms with E-state index in [2.05, 4.69) is 47.4 Å². The van der Waals surface area contributed by atoms with Crippen molar-refractivity contribution in [3.05, 3.63) is 82.9 Å². The van der Waals surface area contributed by atoms with Gasteiger partial charge in [0.25, 0.3) is 5.91 Å². The van der Waals surface area contributed by atoms with Crippen LogP contribution in [0, 0.1) is 11.8 Å². The third kappa shape index (κ3) is 6.87. The van der Waals surface area contributed by atoms with Crippen molar-refractivity contribution < 1.29 is 22.7 Å². The summed E-state index contributed by atoms with van der Waals surface area (Å²) in [5.41, 5.74) is 3.45. The average molecular weight is 613 g/mol. The van der Waals surface area contributed by atoms with Crippen LogP contribution in [0.2, 0.25) is 5.02 Å². The summed E-state index contributed by atoms with van der Waals surface area (Å²) in [5.74, 6) is 0.775. The van der Waals surface area contributed by atoms with Gasteiger partial charge in [-0.15, -0.1) is 6.58 Å². The molecule has 3 atom stereocenters. The third-order valence-corrected chi connectivity index (χ3v) is 10.3. The summed E-state index contributed by atoms with van der Waals surface area (Å²) in [6.45, 7) is 8.09. The number of carbonyl (C=O) groups excluding carboxylic acids is 1. The minimum absolute atomic E-state index is 0.0233. The molecular formula is C33H41ClN2O5S. The zero-order valence-electron chi connectivity index (χ0n) is 24.3. The quantitative estimate of drug-likeness (QED) is 0.231. The van der Waals surface area contributed by atoms with Gasteiger partial charge in [-0.25, -0.2) is 13.1 Å². The van der Waals surface area contributed by atoms with Crippen LogP contribution in [0.1, 0.15) is 60.5 Å². The van der Waals surface area contributed by atoms with Crippen molar-refractivity contribution in [2.24, 2.45) is 11.8 Å². The standard InChI is InChI=1S/C33H41ClN2O5S/c1-3-5-6-7-24-8-9-27(24)21-36-22-33(15-14-25-19-28(34)11-12-29(25)33)23-41-31-13-10-26(20-30(31)36)32(37)35-42(38,39)18-17-40-16-4-2/h4,6-7,10-13,19-20,24,27H,2-3,5,8-9,14-18,21-23H2,1H3,(H,35,37)/b7-6+/t24-,27+,33+/m1/s1. The number of unbranched alkanes of at least 4 members (excludes halogenated alkanes) is 1. The lowest BCUT2D eigenvalue weighted by atomic mass is 9.72. The van der Waals surface area contributed by atoms with Gasteiger partial charge in [0.1, 0.15) is 5.75 Å². The molecule has 2 aromatic carbocycles. The molecule has 2 aromatic rings. The molecule has 0 saturated heterocycles. The largest absolute Gasteiger partial charge is 0.490 e. The number of carbonyl (C=O) groups is 1. The topological polar surface area (TPSA) is 84.9 Å². The molecule has 1 amide bonds. The molecule has 42 heavy (non-hydrogen) atoms. The molecule has 1 aliphatic heterocycles. The molecule has 3 aliphatic rings. The molecule has 226 valence electrons. The average Bonchev–Trinajstić information content (AvgIpc) is 3.21. The Morgan fingerprint density at radius 3 is 2.88 bits per heavy atom. The number of halogens is 1. The molecule has 7 nitrogen and oxygen atoms in total. The molecular weight excluding hydrogens is 572 g/mol. The van der Waals surface area contributed by atoms with E-state index in [9.17, 15) is 13.2 Å². The summed E-state index contributed by atoms with van der Waals surface area (Å²) < 4.78 is 39.0. The van der Waals surface area contributed by atoms with Gasteiger partial charge in [-0.2, -0.15) is 0 Å². The van der Waals surface area contributed by atoms with Crippen molar-refractivity contribution in [2.45, 2.75) is 50.9 Å². The molecule has 9 heteroatoms. The number of allylic oxidation sites excluding steroid dienone is 2. The highest BCUT2D eigenvalue weighted by Gasteiger charge is 2.44. The summed E-state index contributed by atoms with van der Waals surface area (Å²) >= 11 is 6.34. The fourth-order valence-electron chi connectivity index (χ4n) is 6.39. The van der Waals surface area contributed by atoms with E-state index in [-0.39, 0.29) is 29.9 Å². The number of nitrogens with one attached hydrogen (secondary N) is 1. The molecule has 0 unspecified atom stereocenters. The van der Waals surface area contributed by atoms with Gasteiger partial charge < -0.3 is 14.4 Å². The molecule has 1 heterocycles. The molecule has 0 bridgehead atoms. The Bertz CT molecular complexity index is 1440. The number of aryl methyl sites for hydroxylation is 1. The number of hydrogen-bond donors (Lipinski definition) is 1. The number of hydrogen-bond acceptors (Lipinski definition) is 6. The third-order valence-electron chi connectivity index (χ3n) is 8.82. The first-order valence-electron chi connectivity index (χ1n) is 14.9. The van der Waals surface area contributed by atoms with Crippen LogP contribution in [0.3, 0.4) is 0 Å². The highest BCUT2D eigenvalue weighted by molar-refractivity contribution is 7.90. The second-order valence-corrected chi connectivity index (χ2v) is 14.0. The van der Waals surface area contributed by atoms with E-state index in [1.807, 2.05) is 6.07 Å². The fourth-order valence-corrected chi connectivity index (χ4v) is 7.43. The van der Waals surface area contributed by atoms with E-state index < -0.39 is 15.9 Å². The van der Waals surface area contributed by atoms with Gasteiger partial charge in [0, 0.05) is 29.1 Å². The van der Waals surface area contributed by atoms with E-state index >= 15 is 0 Å². The Hall–Kier alpha value is -2.81. The molecule has 0 radical (unpaired) electrons. The number of rotatable bonds is 12. The predicted molar refractivity (Wildman–Crippen MR) is 168 cm³/mol. The minimum atomic E-state index is -3.86. The number of ether oxygens (including phenoxy) is 2. The number of anilines is 1. The SMILES string of the molecule is C=CCOCCS(=O)(=O)NC(=O)c1ccc2c(c1)N(C[C@@H]1CC[C@H]1/C=C/CCC)C[C@@]1(CCc3cc(Cl)ccc31)CO2. The molecule has 0 aromatic heterocycles. The molecule has 5 rings (SSSR count). The first kappa shape index (κ1) is 30.6. The zero-order valence-corrected chi connectivity index (χ0v) is 25.9. The van der Waals surface area contributed by atoms with Crippen molar-refractivity contribution in [3.8, 4) is 5.75 Å². The smallest absolute Gasteiger partial charge is 0.264 e. The van der Waals surface area contributed by atoms with Crippen LogP contribution >= 0.6 is 11.6 Å². The maximum atomic E-state index is 13.1. The molecule has 1 N–H and O–H groups in total. The highest BCUT2D eigenvalue weighted by atomic mass is 35.5. The number of sulfonamides is 1. The predicted octanol–water partition coefficient (Wildman–Crippen LogP) is 6.07. The minimum Gasteiger partial charge on any atom is -0.490 e. The molecule has 1 fully saturated rings. The summed E-state index contributed by atoms with van der Waals surface area (Å²) in [5, 5.41) is 0.745. The van der Waals surface area contributed by atoms with Crippen LogP contribution in [0.15, 0.2) is 61.2 Å². The van der Waals surface area contributed by atoms with Crippen LogP contribution in [-0.2, 0) is 26.6 Å². The Morgan fingerprint density at radius 2 is 2.12 bits per heavy atom. The molecule has 1 saturated carbocycles. The van der Waals surface area contributed by atoms with E-state index in [0.717, 1.165) is 55.9 Å². The lowest BCUT2D eigenvalue weighted by Crippen LogP contribution is -2.45. The van der Waals surface area contributed by atoms with Crippen LogP contribution in [-0.4, -0.2) is 53.0 Å². The molecule has 2 aliphatic carbocycles. The highest BCUT2D eigenvalue weighted by Crippen LogP contribution is 2.47. The monoisotopic (exact) mass is 612 g/mol. The van der Waals surface area contributed by atoms with Gasteiger partial charge in [-0.3, -0.25) is 4.79 Å². The number of amides is 1. The summed E-state index contributed by atoms with van der Waals surface area (Å²) in [6, 6.07) is 11.4. The van der Waals surface area contributed by atoms with Crippen LogP contribution in [0.5, 0.6) is 5.75 Å². The van der Waals surface area contributed by atoms with Crippen molar-refractivity contribution in [2.75, 3.05) is 43.6 Å². The maximum absolute atomic E-state index is 13.1. The second kappa shape index (κ2) is 13.2. The first-order chi connectivity index (χ1) is 20.2. The number of nitrogens with zero attached hydrogens (tertiary/aromatic N) is 1. The van der Waals surface area contributed by atoms with E-state index in [1.54, 1.807) is 24.3 Å².